The Kier molecular flexibility index (Phi) is 7.50. The lowest BCUT2D eigenvalue weighted by Crippen LogP contribution is -2.34. The minimum atomic E-state index is -0.788. The molecule has 180 valence electrons. The van der Waals surface area contributed by atoms with E-state index in [9.17, 15) is 14.4 Å². The molecular formula is C27H32N2O5. The average Bonchev–Trinajstić information content (AvgIpc) is 3.40. The zero-order valence-electron chi connectivity index (χ0n) is 19.5. The number of ether oxygens (including phenoxy) is 1. The van der Waals surface area contributed by atoms with Crippen LogP contribution in [0.1, 0.15) is 56.1 Å². The summed E-state index contributed by atoms with van der Waals surface area (Å²) in [5.74, 6) is -1.10. The number of fused-ring (bicyclic) bond motifs is 3. The number of alkyl carbamates (subject to hydrolysis) is 1. The molecule has 1 fully saturated rings. The minimum absolute atomic E-state index is 0.0251. The van der Waals surface area contributed by atoms with Crippen LogP contribution in [-0.2, 0) is 14.3 Å². The number of aliphatic carboxylic acids is 1. The molecule has 1 saturated carbocycles. The first-order valence-corrected chi connectivity index (χ1v) is 12.0. The van der Waals surface area contributed by atoms with Crippen molar-refractivity contribution in [1.29, 1.82) is 0 Å². The third-order valence-corrected chi connectivity index (χ3v) is 6.93. The van der Waals surface area contributed by atoms with Crippen molar-refractivity contribution in [1.82, 2.24) is 10.6 Å². The molecule has 0 radical (unpaired) electrons. The van der Waals surface area contributed by atoms with Crippen LogP contribution in [0.5, 0.6) is 0 Å². The SMILES string of the molecule is CC(CCNC(=O)OCC1c2ccccc2-c2ccccc21)CC(=O)NC1CCC(C(=O)O)C1. The van der Waals surface area contributed by atoms with E-state index >= 15 is 0 Å². The normalized spacial score (nSPS) is 19.7. The summed E-state index contributed by atoms with van der Waals surface area (Å²) in [7, 11) is 0. The Hall–Kier alpha value is -3.35. The monoisotopic (exact) mass is 464 g/mol. The Morgan fingerprint density at radius 3 is 2.29 bits per heavy atom. The summed E-state index contributed by atoms with van der Waals surface area (Å²) in [4.78, 5) is 35.6. The van der Waals surface area contributed by atoms with Crippen molar-refractivity contribution >= 4 is 18.0 Å². The van der Waals surface area contributed by atoms with Gasteiger partial charge in [0, 0.05) is 24.9 Å². The van der Waals surface area contributed by atoms with E-state index in [-0.39, 0.29) is 36.3 Å². The zero-order chi connectivity index (χ0) is 24.1. The number of carboxylic acid groups (broad SMARTS) is 1. The Bertz CT molecular complexity index is 1010. The van der Waals surface area contributed by atoms with Crippen molar-refractivity contribution in [2.75, 3.05) is 13.2 Å². The maximum atomic E-state index is 12.3. The van der Waals surface area contributed by atoms with E-state index in [0.717, 1.165) is 0 Å². The molecule has 0 saturated heterocycles. The number of hydrogen-bond donors (Lipinski definition) is 3. The molecule has 2 aromatic carbocycles. The topological polar surface area (TPSA) is 105 Å². The van der Waals surface area contributed by atoms with Crippen LogP contribution in [0.25, 0.3) is 11.1 Å². The van der Waals surface area contributed by atoms with Gasteiger partial charge in [0.25, 0.3) is 0 Å². The molecule has 7 heteroatoms. The highest BCUT2D eigenvalue weighted by atomic mass is 16.5. The van der Waals surface area contributed by atoms with Crippen LogP contribution in [0.4, 0.5) is 4.79 Å². The summed E-state index contributed by atoms with van der Waals surface area (Å²) < 4.78 is 5.54. The van der Waals surface area contributed by atoms with E-state index in [1.807, 2.05) is 31.2 Å². The number of carbonyl (C=O) groups excluding carboxylic acids is 2. The quantitative estimate of drug-likeness (QED) is 0.513. The molecule has 2 aliphatic carbocycles. The molecule has 34 heavy (non-hydrogen) atoms. The minimum Gasteiger partial charge on any atom is -0.481 e. The van der Waals surface area contributed by atoms with Gasteiger partial charge in [-0.1, -0.05) is 55.5 Å². The molecule has 3 unspecified atom stereocenters. The van der Waals surface area contributed by atoms with E-state index in [1.54, 1.807) is 0 Å². The third kappa shape index (κ3) is 5.58. The van der Waals surface area contributed by atoms with Crippen molar-refractivity contribution in [3.05, 3.63) is 59.7 Å². The largest absolute Gasteiger partial charge is 0.481 e. The summed E-state index contributed by atoms with van der Waals surface area (Å²) in [6.07, 6.45) is 2.36. The maximum absolute atomic E-state index is 12.3. The van der Waals surface area contributed by atoms with Gasteiger partial charge in [-0.25, -0.2) is 4.79 Å². The van der Waals surface area contributed by atoms with Gasteiger partial charge in [-0.3, -0.25) is 9.59 Å². The molecule has 0 spiro atoms. The fraction of sp³-hybridized carbons (Fsp3) is 0.444. The molecule has 2 aromatic rings. The summed E-state index contributed by atoms with van der Waals surface area (Å²) >= 11 is 0. The maximum Gasteiger partial charge on any atom is 0.407 e. The number of amides is 2. The van der Waals surface area contributed by atoms with Crippen molar-refractivity contribution in [3.8, 4) is 11.1 Å². The van der Waals surface area contributed by atoms with Gasteiger partial charge in [0.1, 0.15) is 6.61 Å². The van der Waals surface area contributed by atoms with E-state index in [1.165, 1.54) is 22.3 Å². The highest BCUT2D eigenvalue weighted by Gasteiger charge is 2.31. The van der Waals surface area contributed by atoms with Crippen LogP contribution in [0.2, 0.25) is 0 Å². The number of benzene rings is 2. The lowest BCUT2D eigenvalue weighted by molar-refractivity contribution is -0.141. The number of carbonyl (C=O) groups is 3. The zero-order valence-corrected chi connectivity index (χ0v) is 19.5. The van der Waals surface area contributed by atoms with Gasteiger partial charge in [0.15, 0.2) is 0 Å². The van der Waals surface area contributed by atoms with Crippen LogP contribution in [0.15, 0.2) is 48.5 Å². The highest BCUT2D eigenvalue weighted by Crippen LogP contribution is 2.44. The second-order valence-electron chi connectivity index (χ2n) is 9.46. The molecule has 0 bridgehead atoms. The molecule has 3 atom stereocenters. The standard InChI is InChI=1S/C27H32N2O5/c1-17(14-25(30)29-19-11-10-18(15-19)26(31)32)12-13-28-27(33)34-16-24-22-8-4-2-6-20(22)21-7-3-5-9-23(21)24/h2-9,17-19,24H,10-16H2,1H3,(H,28,33)(H,29,30)(H,31,32). The molecular weight excluding hydrogens is 432 g/mol. The molecule has 0 aliphatic heterocycles. The second kappa shape index (κ2) is 10.7. The Labute approximate surface area is 199 Å². The van der Waals surface area contributed by atoms with Crippen LogP contribution in [0, 0.1) is 11.8 Å². The van der Waals surface area contributed by atoms with E-state index in [0.29, 0.717) is 38.6 Å². The van der Waals surface area contributed by atoms with Gasteiger partial charge in [-0.15, -0.1) is 0 Å². The van der Waals surface area contributed by atoms with Crippen LogP contribution in [-0.4, -0.2) is 42.3 Å². The first-order chi connectivity index (χ1) is 16.4. The summed E-state index contributed by atoms with van der Waals surface area (Å²) in [6, 6.07) is 16.4. The van der Waals surface area contributed by atoms with Crippen LogP contribution < -0.4 is 10.6 Å². The third-order valence-electron chi connectivity index (χ3n) is 6.93. The average molecular weight is 465 g/mol. The first-order valence-electron chi connectivity index (χ1n) is 12.0. The lowest BCUT2D eigenvalue weighted by Gasteiger charge is -2.16. The summed E-state index contributed by atoms with van der Waals surface area (Å²) in [5.41, 5.74) is 4.73. The first kappa shape index (κ1) is 23.8. The van der Waals surface area contributed by atoms with Crippen molar-refractivity contribution in [2.24, 2.45) is 11.8 Å². The van der Waals surface area contributed by atoms with E-state index in [4.69, 9.17) is 9.84 Å². The predicted molar refractivity (Wildman–Crippen MR) is 128 cm³/mol. The number of nitrogens with one attached hydrogen (secondary N) is 2. The second-order valence-corrected chi connectivity index (χ2v) is 9.46. The molecule has 0 aromatic heterocycles. The smallest absolute Gasteiger partial charge is 0.407 e. The highest BCUT2D eigenvalue weighted by molar-refractivity contribution is 5.79. The van der Waals surface area contributed by atoms with Gasteiger partial charge in [-0.05, 0) is 53.9 Å². The molecule has 2 amide bonds. The Morgan fingerprint density at radius 1 is 1.03 bits per heavy atom. The van der Waals surface area contributed by atoms with Gasteiger partial charge < -0.3 is 20.5 Å². The van der Waals surface area contributed by atoms with Gasteiger partial charge in [0.2, 0.25) is 5.91 Å². The van der Waals surface area contributed by atoms with Crippen molar-refractivity contribution in [2.45, 2.75) is 51.0 Å². The molecule has 4 rings (SSSR count). The molecule has 0 heterocycles. The van der Waals surface area contributed by atoms with Gasteiger partial charge in [0.05, 0.1) is 5.92 Å². The fourth-order valence-corrected chi connectivity index (χ4v) is 5.11. The predicted octanol–water partition coefficient (Wildman–Crippen LogP) is 4.31. The van der Waals surface area contributed by atoms with Crippen LogP contribution >= 0.6 is 0 Å². The fourth-order valence-electron chi connectivity index (χ4n) is 5.11. The summed E-state index contributed by atoms with van der Waals surface area (Å²) in [5, 5.41) is 14.8. The van der Waals surface area contributed by atoms with Gasteiger partial charge >= 0.3 is 12.1 Å². The van der Waals surface area contributed by atoms with Crippen LogP contribution in [0.3, 0.4) is 0 Å². The Balaban J connectivity index is 1.17. The van der Waals surface area contributed by atoms with E-state index in [2.05, 4.69) is 34.9 Å². The van der Waals surface area contributed by atoms with E-state index < -0.39 is 12.1 Å². The molecule has 7 nitrogen and oxygen atoms in total. The van der Waals surface area contributed by atoms with Crippen molar-refractivity contribution in [3.63, 3.8) is 0 Å². The number of carboxylic acids is 1. The Morgan fingerprint density at radius 2 is 1.68 bits per heavy atom. The molecule has 3 N–H and O–H groups in total. The number of rotatable bonds is 9. The van der Waals surface area contributed by atoms with Gasteiger partial charge in [-0.2, -0.15) is 0 Å². The number of hydrogen-bond acceptors (Lipinski definition) is 4. The lowest BCUT2D eigenvalue weighted by atomic mass is 9.98. The van der Waals surface area contributed by atoms with Crippen molar-refractivity contribution < 1.29 is 24.2 Å². The molecule has 2 aliphatic rings. The summed E-state index contributed by atoms with van der Waals surface area (Å²) in [6.45, 7) is 2.67.